The molecule has 4 aliphatic rings. The summed E-state index contributed by atoms with van der Waals surface area (Å²) in [4.78, 5) is 0. The van der Waals surface area contributed by atoms with Gasteiger partial charge in [0, 0.05) is 0 Å². The normalized spacial score (nSPS) is 30.4. The summed E-state index contributed by atoms with van der Waals surface area (Å²) < 4.78 is 42.6. The molecular formula is C20H38O9. The number of rotatable bonds is 16. The molecule has 0 aromatic rings. The van der Waals surface area contributed by atoms with Crippen molar-refractivity contribution in [1.82, 2.24) is 0 Å². The molecule has 4 saturated heterocycles. The van der Waals surface area contributed by atoms with Crippen molar-refractivity contribution in [2.45, 2.75) is 76.5 Å². The molecule has 4 atom stereocenters. The van der Waals surface area contributed by atoms with Crippen LogP contribution >= 0.6 is 0 Å². The number of ether oxygens (including phenoxy) is 8. The fourth-order valence-electron chi connectivity index (χ4n) is 2.42. The second-order valence-electron chi connectivity index (χ2n) is 7.59. The summed E-state index contributed by atoms with van der Waals surface area (Å²) >= 11 is 0. The van der Waals surface area contributed by atoms with E-state index < -0.39 is 0 Å². The van der Waals surface area contributed by atoms with Gasteiger partial charge in [-0.3, -0.25) is 0 Å². The summed E-state index contributed by atoms with van der Waals surface area (Å²) in [5.41, 5.74) is 0. The van der Waals surface area contributed by atoms with Crippen LogP contribution in [0, 0.1) is 0 Å². The van der Waals surface area contributed by atoms with Gasteiger partial charge in [0.25, 0.3) is 0 Å². The average molecular weight is 423 g/mol. The lowest BCUT2D eigenvalue weighted by Crippen LogP contribution is -2.21. The maximum absolute atomic E-state index is 5.58. The molecule has 4 heterocycles. The fraction of sp³-hybridized carbons (Fsp3) is 1.00. The van der Waals surface area contributed by atoms with Crippen molar-refractivity contribution in [2.75, 3.05) is 52.9 Å². The first-order valence-corrected chi connectivity index (χ1v) is 10.7. The van der Waals surface area contributed by atoms with Crippen LogP contribution in [0.2, 0.25) is 0 Å². The summed E-state index contributed by atoms with van der Waals surface area (Å²) in [6.07, 6.45) is 5.14. The van der Waals surface area contributed by atoms with Gasteiger partial charge in [0.1, 0.15) is 24.4 Å². The molecule has 0 spiro atoms. The quantitative estimate of drug-likeness (QED) is 0.268. The Morgan fingerprint density at radius 3 is 1.00 bits per heavy atom. The maximum Gasteiger partial charge on any atom is 0.157 e. The van der Waals surface area contributed by atoms with Crippen molar-refractivity contribution in [2.24, 2.45) is 0 Å². The lowest BCUT2D eigenvalue weighted by atomic mass is 10.3. The van der Waals surface area contributed by atoms with Crippen molar-refractivity contribution in [3.8, 4) is 0 Å². The smallest absolute Gasteiger partial charge is 0.157 e. The zero-order valence-electron chi connectivity index (χ0n) is 17.7. The van der Waals surface area contributed by atoms with Crippen LogP contribution in [0.25, 0.3) is 0 Å². The average Bonchev–Trinajstić information content (AvgIpc) is 3.56. The van der Waals surface area contributed by atoms with Gasteiger partial charge in [0.05, 0.1) is 52.9 Å². The van der Waals surface area contributed by atoms with E-state index in [0.29, 0.717) is 50.8 Å². The minimum absolute atomic E-state index is 0. The molecule has 0 aliphatic carbocycles. The summed E-state index contributed by atoms with van der Waals surface area (Å²) in [6, 6.07) is 0. The van der Waals surface area contributed by atoms with Crippen LogP contribution in [0.15, 0.2) is 0 Å². The van der Waals surface area contributed by atoms with E-state index in [1.54, 1.807) is 0 Å². The summed E-state index contributed by atoms with van der Waals surface area (Å²) in [6.45, 7) is 10.3. The molecule has 9 nitrogen and oxygen atoms in total. The summed E-state index contributed by atoms with van der Waals surface area (Å²) in [5, 5.41) is 0. The SMILES string of the molecule is CCCC(OCC1CO1)OCC1CO1.CCCC(OCC1CO1)OCC1CO1.O. The lowest BCUT2D eigenvalue weighted by molar-refractivity contribution is -0.150. The predicted octanol–water partition coefficient (Wildman–Crippen LogP) is 1.06. The molecule has 29 heavy (non-hydrogen) atoms. The third kappa shape index (κ3) is 12.8. The third-order valence-electron chi connectivity index (χ3n) is 4.53. The predicted molar refractivity (Wildman–Crippen MR) is 104 cm³/mol. The van der Waals surface area contributed by atoms with Crippen LogP contribution in [0.4, 0.5) is 0 Å². The Morgan fingerprint density at radius 1 is 0.586 bits per heavy atom. The van der Waals surface area contributed by atoms with Crippen molar-refractivity contribution in [3.63, 3.8) is 0 Å². The molecule has 9 heteroatoms. The Balaban J connectivity index is 0.000000200. The molecule has 4 rings (SSSR count). The molecule has 0 saturated carbocycles. The third-order valence-corrected chi connectivity index (χ3v) is 4.53. The molecular weight excluding hydrogens is 384 g/mol. The molecule has 2 N–H and O–H groups in total. The van der Waals surface area contributed by atoms with E-state index in [4.69, 9.17) is 37.9 Å². The Bertz CT molecular complexity index is 339. The van der Waals surface area contributed by atoms with E-state index >= 15 is 0 Å². The maximum atomic E-state index is 5.58. The minimum atomic E-state index is -0.0756. The van der Waals surface area contributed by atoms with Gasteiger partial charge in [-0.1, -0.05) is 26.7 Å². The fourth-order valence-corrected chi connectivity index (χ4v) is 2.42. The zero-order chi connectivity index (χ0) is 19.6. The monoisotopic (exact) mass is 422 g/mol. The van der Waals surface area contributed by atoms with E-state index in [-0.39, 0.29) is 18.1 Å². The first-order valence-electron chi connectivity index (χ1n) is 10.7. The number of epoxide rings is 4. The Labute approximate surface area is 173 Å². The summed E-state index contributed by atoms with van der Waals surface area (Å²) in [7, 11) is 0. The van der Waals surface area contributed by atoms with Crippen LogP contribution in [0.5, 0.6) is 0 Å². The van der Waals surface area contributed by atoms with Crippen LogP contribution in [-0.4, -0.2) is 95.3 Å². The van der Waals surface area contributed by atoms with Crippen LogP contribution in [0.1, 0.15) is 39.5 Å². The van der Waals surface area contributed by atoms with Gasteiger partial charge in [-0.15, -0.1) is 0 Å². The van der Waals surface area contributed by atoms with E-state index in [1.165, 1.54) is 0 Å². The highest BCUT2D eigenvalue weighted by molar-refractivity contribution is 4.70. The van der Waals surface area contributed by atoms with Crippen molar-refractivity contribution >= 4 is 0 Å². The highest BCUT2D eigenvalue weighted by Gasteiger charge is 2.28. The van der Waals surface area contributed by atoms with Gasteiger partial charge in [0.2, 0.25) is 0 Å². The van der Waals surface area contributed by atoms with Crippen LogP contribution in [0.3, 0.4) is 0 Å². The minimum Gasteiger partial charge on any atom is -0.412 e. The number of hydrogen-bond acceptors (Lipinski definition) is 8. The van der Waals surface area contributed by atoms with Gasteiger partial charge in [-0.25, -0.2) is 0 Å². The molecule has 4 aliphatic heterocycles. The molecule has 0 bridgehead atoms. The molecule has 172 valence electrons. The Kier molecular flexibility index (Phi) is 11.9. The molecule has 4 unspecified atom stereocenters. The lowest BCUT2D eigenvalue weighted by Gasteiger charge is -2.16. The van der Waals surface area contributed by atoms with Crippen molar-refractivity contribution < 1.29 is 43.4 Å². The van der Waals surface area contributed by atoms with Gasteiger partial charge < -0.3 is 43.4 Å². The second-order valence-corrected chi connectivity index (χ2v) is 7.59. The zero-order valence-corrected chi connectivity index (χ0v) is 17.7. The van der Waals surface area contributed by atoms with Gasteiger partial charge in [-0.2, -0.15) is 0 Å². The highest BCUT2D eigenvalue weighted by Crippen LogP contribution is 2.16. The first kappa shape index (κ1) is 24.9. The van der Waals surface area contributed by atoms with E-state index in [2.05, 4.69) is 13.8 Å². The highest BCUT2D eigenvalue weighted by atomic mass is 16.7. The Morgan fingerprint density at radius 2 is 0.828 bits per heavy atom. The topological polar surface area (TPSA) is 119 Å². The van der Waals surface area contributed by atoms with Crippen LogP contribution < -0.4 is 0 Å². The molecule has 0 amide bonds. The second kappa shape index (κ2) is 13.8. The largest absolute Gasteiger partial charge is 0.412 e. The van der Waals surface area contributed by atoms with Gasteiger partial charge in [-0.05, 0) is 12.8 Å². The van der Waals surface area contributed by atoms with Crippen LogP contribution in [-0.2, 0) is 37.9 Å². The molecule has 0 aromatic heterocycles. The van der Waals surface area contributed by atoms with Gasteiger partial charge >= 0.3 is 0 Å². The Hall–Kier alpha value is -0.360. The van der Waals surface area contributed by atoms with Crippen molar-refractivity contribution in [3.05, 3.63) is 0 Å². The van der Waals surface area contributed by atoms with Crippen molar-refractivity contribution in [1.29, 1.82) is 0 Å². The first-order chi connectivity index (χ1) is 13.8. The molecule has 0 radical (unpaired) electrons. The molecule has 0 aromatic carbocycles. The van der Waals surface area contributed by atoms with Gasteiger partial charge in [0.15, 0.2) is 12.6 Å². The summed E-state index contributed by atoms with van der Waals surface area (Å²) in [5.74, 6) is 0. The van der Waals surface area contributed by atoms with E-state index in [1.807, 2.05) is 0 Å². The van der Waals surface area contributed by atoms with E-state index in [9.17, 15) is 0 Å². The standard InChI is InChI=1S/2C10H18O4.H2O/c2*1-2-3-10(13-6-8-4-11-8)14-7-9-5-12-9;/h2*8-10H,2-7H2,1H3;1H2. The molecule has 4 fully saturated rings. The van der Waals surface area contributed by atoms with E-state index in [0.717, 1.165) is 52.1 Å². The number of hydrogen-bond donors (Lipinski definition) is 0.